The lowest BCUT2D eigenvalue weighted by Crippen LogP contribution is -2.40. The summed E-state index contributed by atoms with van der Waals surface area (Å²) in [4.78, 5) is 19.6. The number of carbonyl (C=O) groups is 1. The zero-order valence-corrected chi connectivity index (χ0v) is 16.8. The second kappa shape index (κ2) is 7.66. The van der Waals surface area contributed by atoms with Crippen LogP contribution in [0.3, 0.4) is 0 Å². The summed E-state index contributed by atoms with van der Waals surface area (Å²) < 4.78 is 0. The van der Waals surface area contributed by atoms with Gasteiger partial charge in [-0.1, -0.05) is 44.2 Å². The van der Waals surface area contributed by atoms with Crippen molar-refractivity contribution >= 4 is 23.1 Å². The SMILES string of the molecule is CC(C)CC1Nc2ccc(C3=NCC(C)N3Cc3ccccc3)cc2NC1=O. The van der Waals surface area contributed by atoms with Crippen LogP contribution in [0.4, 0.5) is 11.4 Å². The summed E-state index contributed by atoms with van der Waals surface area (Å²) >= 11 is 0. The van der Waals surface area contributed by atoms with Crippen LogP contribution in [-0.2, 0) is 11.3 Å². The maximum atomic E-state index is 12.5. The third kappa shape index (κ3) is 3.75. The zero-order valence-electron chi connectivity index (χ0n) is 16.8. The molecule has 2 aromatic rings. The molecule has 146 valence electrons. The first-order valence-electron chi connectivity index (χ1n) is 10.1. The number of aliphatic imine (C=N–C) groups is 1. The number of benzene rings is 2. The molecule has 0 bridgehead atoms. The van der Waals surface area contributed by atoms with Crippen molar-refractivity contribution < 1.29 is 4.79 Å². The van der Waals surface area contributed by atoms with Gasteiger partial charge in [0.1, 0.15) is 11.9 Å². The number of rotatable bonds is 5. The topological polar surface area (TPSA) is 56.7 Å². The molecule has 0 saturated heterocycles. The normalized spacial score (nSPS) is 21.2. The molecule has 5 heteroatoms. The van der Waals surface area contributed by atoms with Gasteiger partial charge in [0.25, 0.3) is 0 Å². The minimum Gasteiger partial charge on any atom is -0.372 e. The van der Waals surface area contributed by atoms with Crippen molar-refractivity contribution in [1.29, 1.82) is 0 Å². The third-order valence-electron chi connectivity index (χ3n) is 5.39. The van der Waals surface area contributed by atoms with Crippen molar-refractivity contribution in [2.24, 2.45) is 10.9 Å². The number of hydrogen-bond donors (Lipinski definition) is 2. The van der Waals surface area contributed by atoms with Crippen LogP contribution in [0.5, 0.6) is 0 Å². The highest BCUT2D eigenvalue weighted by Gasteiger charge is 2.29. The van der Waals surface area contributed by atoms with E-state index in [4.69, 9.17) is 4.99 Å². The molecule has 2 aromatic carbocycles. The average molecular weight is 377 g/mol. The van der Waals surface area contributed by atoms with E-state index in [2.05, 4.69) is 72.7 Å². The molecule has 0 aliphatic carbocycles. The summed E-state index contributed by atoms with van der Waals surface area (Å²) in [6, 6.07) is 16.9. The highest BCUT2D eigenvalue weighted by Crippen LogP contribution is 2.31. The molecule has 2 N–H and O–H groups in total. The first-order valence-corrected chi connectivity index (χ1v) is 10.1. The van der Waals surface area contributed by atoms with Crippen LogP contribution < -0.4 is 10.6 Å². The van der Waals surface area contributed by atoms with Gasteiger partial charge in [0.05, 0.1) is 17.9 Å². The Kier molecular flexibility index (Phi) is 5.07. The van der Waals surface area contributed by atoms with Crippen LogP contribution in [0.1, 0.15) is 38.3 Å². The van der Waals surface area contributed by atoms with Crippen molar-refractivity contribution in [3.63, 3.8) is 0 Å². The Labute approximate surface area is 166 Å². The quantitative estimate of drug-likeness (QED) is 0.825. The lowest BCUT2D eigenvalue weighted by Gasteiger charge is -2.29. The molecule has 0 spiro atoms. The van der Waals surface area contributed by atoms with Crippen molar-refractivity contribution in [1.82, 2.24) is 4.90 Å². The van der Waals surface area contributed by atoms with E-state index < -0.39 is 0 Å². The molecule has 28 heavy (non-hydrogen) atoms. The third-order valence-corrected chi connectivity index (χ3v) is 5.39. The van der Waals surface area contributed by atoms with Gasteiger partial charge in [0, 0.05) is 18.2 Å². The summed E-state index contributed by atoms with van der Waals surface area (Å²) in [5.41, 5.74) is 4.14. The van der Waals surface area contributed by atoms with Gasteiger partial charge in [-0.3, -0.25) is 9.79 Å². The van der Waals surface area contributed by atoms with Crippen LogP contribution in [0.2, 0.25) is 0 Å². The number of carbonyl (C=O) groups excluding carboxylic acids is 1. The van der Waals surface area contributed by atoms with Crippen LogP contribution in [0.25, 0.3) is 0 Å². The molecule has 2 aliphatic rings. The van der Waals surface area contributed by atoms with Crippen LogP contribution in [0, 0.1) is 5.92 Å². The van der Waals surface area contributed by atoms with Crippen molar-refractivity contribution in [3.8, 4) is 0 Å². The average Bonchev–Trinajstić information content (AvgIpc) is 3.03. The van der Waals surface area contributed by atoms with E-state index in [9.17, 15) is 4.79 Å². The molecule has 0 radical (unpaired) electrons. The molecule has 1 amide bonds. The summed E-state index contributed by atoms with van der Waals surface area (Å²) in [7, 11) is 0. The molecule has 4 rings (SSSR count). The molecule has 2 atom stereocenters. The maximum Gasteiger partial charge on any atom is 0.246 e. The van der Waals surface area contributed by atoms with Gasteiger partial charge >= 0.3 is 0 Å². The largest absolute Gasteiger partial charge is 0.372 e. The van der Waals surface area contributed by atoms with E-state index >= 15 is 0 Å². The number of hydrogen-bond acceptors (Lipinski definition) is 4. The second-order valence-corrected chi connectivity index (χ2v) is 8.20. The van der Waals surface area contributed by atoms with Crippen LogP contribution in [-0.4, -0.2) is 35.3 Å². The Morgan fingerprint density at radius 1 is 1.14 bits per heavy atom. The summed E-state index contributed by atoms with van der Waals surface area (Å²) in [6.07, 6.45) is 0.822. The first-order chi connectivity index (χ1) is 13.5. The fraction of sp³-hybridized carbons (Fsp3) is 0.391. The van der Waals surface area contributed by atoms with Gasteiger partial charge in [0.15, 0.2) is 0 Å². The molecule has 0 aromatic heterocycles. The smallest absolute Gasteiger partial charge is 0.246 e. The van der Waals surface area contributed by atoms with Crippen molar-refractivity contribution in [2.45, 2.75) is 45.8 Å². The van der Waals surface area contributed by atoms with Gasteiger partial charge < -0.3 is 15.5 Å². The van der Waals surface area contributed by atoms with Crippen molar-refractivity contribution in [2.75, 3.05) is 17.2 Å². The predicted molar refractivity (Wildman–Crippen MR) is 115 cm³/mol. The number of fused-ring (bicyclic) bond motifs is 1. The number of amides is 1. The number of nitrogens with one attached hydrogen (secondary N) is 2. The van der Waals surface area contributed by atoms with Gasteiger partial charge in [-0.15, -0.1) is 0 Å². The Morgan fingerprint density at radius 3 is 2.68 bits per heavy atom. The van der Waals surface area contributed by atoms with E-state index in [1.54, 1.807) is 0 Å². The highest BCUT2D eigenvalue weighted by atomic mass is 16.2. The number of anilines is 2. The molecule has 2 heterocycles. The van der Waals surface area contributed by atoms with Gasteiger partial charge in [0.2, 0.25) is 5.91 Å². The van der Waals surface area contributed by atoms with Gasteiger partial charge in [-0.05, 0) is 43.0 Å². The summed E-state index contributed by atoms with van der Waals surface area (Å²) in [5, 5.41) is 6.47. The van der Waals surface area contributed by atoms with E-state index in [0.717, 1.165) is 42.3 Å². The monoisotopic (exact) mass is 376 g/mol. The molecule has 0 fully saturated rings. The maximum absolute atomic E-state index is 12.5. The standard InChI is InChI=1S/C23H28N4O/c1-15(2)11-21-23(28)26-20-12-18(9-10-19(20)25-21)22-24-13-16(3)27(22)14-17-7-5-4-6-8-17/h4-10,12,15-16,21,25H,11,13-14H2,1-3H3,(H,26,28). The van der Waals surface area contributed by atoms with E-state index in [0.29, 0.717) is 12.0 Å². The summed E-state index contributed by atoms with van der Waals surface area (Å²) in [5.74, 6) is 1.50. The minimum atomic E-state index is -0.170. The van der Waals surface area contributed by atoms with Crippen LogP contribution >= 0.6 is 0 Å². The van der Waals surface area contributed by atoms with Gasteiger partial charge in [-0.2, -0.15) is 0 Å². The fourth-order valence-corrected chi connectivity index (χ4v) is 3.91. The Bertz CT molecular complexity index is 891. The summed E-state index contributed by atoms with van der Waals surface area (Å²) in [6.45, 7) is 8.10. The lowest BCUT2D eigenvalue weighted by molar-refractivity contribution is -0.117. The highest BCUT2D eigenvalue weighted by molar-refractivity contribution is 6.06. The molecule has 2 aliphatic heterocycles. The Hall–Kier alpha value is -2.82. The molecule has 5 nitrogen and oxygen atoms in total. The lowest BCUT2D eigenvalue weighted by atomic mass is 10.00. The molecular weight excluding hydrogens is 348 g/mol. The van der Waals surface area contributed by atoms with Crippen LogP contribution in [0.15, 0.2) is 53.5 Å². The first kappa shape index (κ1) is 18.5. The zero-order chi connectivity index (χ0) is 19.7. The minimum absolute atomic E-state index is 0.0428. The Balaban J connectivity index is 1.56. The molecule has 0 saturated carbocycles. The van der Waals surface area contributed by atoms with Crippen molar-refractivity contribution in [3.05, 3.63) is 59.7 Å². The molecule has 2 unspecified atom stereocenters. The van der Waals surface area contributed by atoms with E-state index in [1.165, 1.54) is 5.56 Å². The number of nitrogens with zero attached hydrogens (tertiary/aromatic N) is 2. The van der Waals surface area contributed by atoms with E-state index in [-0.39, 0.29) is 11.9 Å². The number of amidine groups is 1. The molecular formula is C23H28N4O. The predicted octanol–water partition coefficient (Wildman–Crippen LogP) is 4.12. The van der Waals surface area contributed by atoms with E-state index in [1.807, 2.05) is 12.1 Å². The Morgan fingerprint density at radius 2 is 1.93 bits per heavy atom. The second-order valence-electron chi connectivity index (χ2n) is 8.20. The van der Waals surface area contributed by atoms with Gasteiger partial charge in [-0.25, -0.2) is 0 Å². The fourth-order valence-electron chi connectivity index (χ4n) is 3.91.